The second kappa shape index (κ2) is 6.02. The average Bonchev–Trinajstić information content (AvgIpc) is 2.97. The number of nitrogens with zero attached hydrogens (tertiary/aromatic N) is 3. The maximum atomic E-state index is 10.8. The number of non-ortho nitro benzene ring substituents is 1. The van der Waals surface area contributed by atoms with Crippen LogP contribution >= 0.6 is 15.9 Å². The van der Waals surface area contributed by atoms with Gasteiger partial charge in [-0.05, 0) is 45.8 Å². The highest BCUT2D eigenvalue weighted by atomic mass is 79.9. The predicted octanol–water partition coefficient (Wildman–Crippen LogP) is 4.30. The van der Waals surface area contributed by atoms with Gasteiger partial charge in [0.25, 0.3) is 5.69 Å². The molecule has 7 heteroatoms. The molecule has 0 aliphatic carbocycles. The van der Waals surface area contributed by atoms with E-state index in [0.29, 0.717) is 21.4 Å². The van der Waals surface area contributed by atoms with Gasteiger partial charge in [-0.15, -0.1) is 0 Å². The van der Waals surface area contributed by atoms with E-state index in [1.807, 2.05) is 24.3 Å². The Balaban J connectivity index is 2.05. The smallest absolute Gasteiger partial charge is 0.270 e. The minimum Gasteiger partial charge on any atom is -0.337 e. The molecule has 0 saturated heterocycles. The second-order valence-corrected chi connectivity index (χ2v) is 5.59. The van der Waals surface area contributed by atoms with Crippen LogP contribution in [0.15, 0.2) is 46.9 Å². The number of nitro benzene ring substituents is 1. The molecule has 1 heterocycles. The number of nitriles is 1. The SMILES string of the molecule is N#CC(=Cc1ccc([N+](=O)[O-])cc1Br)c1nc2ccccc2[nH]1. The standard InChI is InChI=1S/C16H9BrN4O2/c17-13-8-12(21(22)23)6-5-10(13)7-11(9-18)16-19-14-3-1-2-4-15(14)20-16/h1-8H,(H,19,20). The maximum Gasteiger partial charge on any atom is 0.270 e. The van der Waals surface area contributed by atoms with Crippen molar-refractivity contribution in [3.63, 3.8) is 0 Å². The third kappa shape index (κ3) is 2.98. The van der Waals surface area contributed by atoms with Crippen LogP contribution in [-0.2, 0) is 0 Å². The molecule has 3 rings (SSSR count). The quantitative estimate of drug-likeness (QED) is 0.423. The fourth-order valence-corrected chi connectivity index (χ4v) is 2.62. The molecule has 0 amide bonds. The highest BCUT2D eigenvalue weighted by molar-refractivity contribution is 9.10. The highest BCUT2D eigenvalue weighted by Crippen LogP contribution is 2.27. The van der Waals surface area contributed by atoms with E-state index in [9.17, 15) is 15.4 Å². The molecular weight excluding hydrogens is 360 g/mol. The number of aromatic nitrogens is 2. The molecule has 0 spiro atoms. The fraction of sp³-hybridized carbons (Fsp3) is 0. The number of rotatable bonds is 3. The number of fused-ring (bicyclic) bond motifs is 1. The summed E-state index contributed by atoms with van der Waals surface area (Å²) < 4.78 is 0.538. The summed E-state index contributed by atoms with van der Waals surface area (Å²) in [7, 11) is 0. The molecule has 0 fully saturated rings. The third-order valence-electron chi connectivity index (χ3n) is 3.26. The lowest BCUT2D eigenvalue weighted by Gasteiger charge is -2.00. The Morgan fingerprint density at radius 3 is 2.78 bits per heavy atom. The van der Waals surface area contributed by atoms with Crippen LogP contribution in [0.4, 0.5) is 5.69 Å². The number of benzene rings is 2. The summed E-state index contributed by atoms with van der Waals surface area (Å²) in [6.45, 7) is 0. The minimum absolute atomic E-state index is 0.0173. The Bertz CT molecular complexity index is 952. The zero-order valence-electron chi connectivity index (χ0n) is 11.7. The van der Waals surface area contributed by atoms with Crippen LogP contribution in [0, 0.1) is 21.4 Å². The first-order valence-corrected chi connectivity index (χ1v) is 7.38. The van der Waals surface area contributed by atoms with Crippen LogP contribution in [0.3, 0.4) is 0 Å². The van der Waals surface area contributed by atoms with Crippen LogP contribution in [0.2, 0.25) is 0 Å². The summed E-state index contributed by atoms with van der Waals surface area (Å²) in [6.07, 6.45) is 1.63. The molecule has 0 unspecified atom stereocenters. The van der Waals surface area contributed by atoms with Crippen LogP contribution in [0.25, 0.3) is 22.7 Å². The average molecular weight is 369 g/mol. The Morgan fingerprint density at radius 2 is 2.13 bits per heavy atom. The lowest BCUT2D eigenvalue weighted by molar-refractivity contribution is -0.384. The summed E-state index contributed by atoms with van der Waals surface area (Å²) in [5.74, 6) is 0.457. The van der Waals surface area contributed by atoms with E-state index in [1.54, 1.807) is 12.1 Å². The summed E-state index contributed by atoms with van der Waals surface area (Å²) in [5.41, 5.74) is 2.59. The van der Waals surface area contributed by atoms with Gasteiger partial charge in [0.15, 0.2) is 0 Å². The van der Waals surface area contributed by atoms with Crippen molar-refractivity contribution < 1.29 is 4.92 Å². The number of halogens is 1. The monoisotopic (exact) mass is 368 g/mol. The second-order valence-electron chi connectivity index (χ2n) is 4.74. The van der Waals surface area contributed by atoms with E-state index in [-0.39, 0.29) is 5.69 Å². The van der Waals surface area contributed by atoms with Gasteiger partial charge >= 0.3 is 0 Å². The number of nitro groups is 1. The molecule has 0 saturated carbocycles. The first kappa shape index (κ1) is 14.9. The molecule has 112 valence electrons. The van der Waals surface area contributed by atoms with E-state index in [4.69, 9.17) is 0 Å². The van der Waals surface area contributed by atoms with Gasteiger partial charge in [-0.3, -0.25) is 10.1 Å². The zero-order valence-corrected chi connectivity index (χ0v) is 13.2. The van der Waals surface area contributed by atoms with Gasteiger partial charge in [0.2, 0.25) is 0 Å². The first-order chi connectivity index (χ1) is 11.1. The lowest BCUT2D eigenvalue weighted by atomic mass is 10.1. The number of allylic oxidation sites excluding steroid dienone is 1. The zero-order chi connectivity index (χ0) is 16.4. The van der Waals surface area contributed by atoms with Gasteiger partial charge in [0.1, 0.15) is 11.9 Å². The van der Waals surface area contributed by atoms with E-state index in [2.05, 4.69) is 32.0 Å². The summed E-state index contributed by atoms with van der Waals surface area (Å²) in [6, 6.07) is 14.0. The molecule has 1 N–H and O–H groups in total. The van der Waals surface area contributed by atoms with Crippen molar-refractivity contribution in [1.29, 1.82) is 5.26 Å². The van der Waals surface area contributed by atoms with Crippen molar-refractivity contribution in [2.75, 3.05) is 0 Å². The number of hydrogen-bond acceptors (Lipinski definition) is 4. The molecule has 0 bridgehead atoms. The van der Waals surface area contributed by atoms with Gasteiger partial charge in [-0.25, -0.2) is 4.98 Å². The van der Waals surface area contributed by atoms with E-state index in [0.717, 1.165) is 11.0 Å². The molecular formula is C16H9BrN4O2. The van der Waals surface area contributed by atoms with Gasteiger partial charge in [-0.2, -0.15) is 5.26 Å². The van der Waals surface area contributed by atoms with Crippen molar-refractivity contribution in [2.45, 2.75) is 0 Å². The van der Waals surface area contributed by atoms with Crippen LogP contribution in [0.1, 0.15) is 11.4 Å². The number of aromatic amines is 1. The van der Waals surface area contributed by atoms with Gasteiger partial charge in [0.05, 0.1) is 21.5 Å². The number of imidazole rings is 1. The number of hydrogen-bond donors (Lipinski definition) is 1. The Hall–Kier alpha value is -2.98. The van der Waals surface area contributed by atoms with Crippen LogP contribution in [-0.4, -0.2) is 14.9 Å². The molecule has 0 radical (unpaired) electrons. The Kier molecular flexibility index (Phi) is 3.91. The molecule has 3 aromatic rings. The molecule has 1 aromatic heterocycles. The minimum atomic E-state index is -0.470. The van der Waals surface area contributed by atoms with E-state index in [1.165, 1.54) is 12.1 Å². The predicted molar refractivity (Wildman–Crippen MR) is 90.4 cm³/mol. The number of nitrogens with one attached hydrogen (secondary N) is 1. The largest absolute Gasteiger partial charge is 0.337 e. The normalized spacial score (nSPS) is 11.4. The molecule has 6 nitrogen and oxygen atoms in total. The summed E-state index contributed by atoms with van der Waals surface area (Å²) >= 11 is 3.29. The van der Waals surface area contributed by atoms with Crippen molar-refractivity contribution in [2.24, 2.45) is 0 Å². The fourth-order valence-electron chi connectivity index (χ4n) is 2.14. The van der Waals surface area contributed by atoms with Gasteiger partial charge in [-0.1, -0.05) is 12.1 Å². The lowest BCUT2D eigenvalue weighted by Crippen LogP contribution is -1.89. The Labute approximate surface area is 139 Å². The molecule has 23 heavy (non-hydrogen) atoms. The van der Waals surface area contributed by atoms with E-state index < -0.39 is 4.92 Å². The van der Waals surface area contributed by atoms with Crippen molar-refractivity contribution in [1.82, 2.24) is 9.97 Å². The van der Waals surface area contributed by atoms with E-state index >= 15 is 0 Å². The Morgan fingerprint density at radius 1 is 1.35 bits per heavy atom. The van der Waals surface area contributed by atoms with Crippen molar-refractivity contribution >= 4 is 44.3 Å². The highest BCUT2D eigenvalue weighted by Gasteiger charge is 2.11. The number of H-pyrrole nitrogens is 1. The maximum absolute atomic E-state index is 10.8. The van der Waals surface area contributed by atoms with Crippen LogP contribution in [0.5, 0.6) is 0 Å². The van der Waals surface area contributed by atoms with Crippen LogP contribution < -0.4 is 0 Å². The molecule has 0 atom stereocenters. The van der Waals surface area contributed by atoms with Crippen molar-refractivity contribution in [3.8, 4) is 6.07 Å². The topological polar surface area (TPSA) is 95.6 Å². The summed E-state index contributed by atoms with van der Waals surface area (Å²) in [4.78, 5) is 17.8. The van der Waals surface area contributed by atoms with Gasteiger partial charge < -0.3 is 4.98 Å². The molecule has 0 aliphatic heterocycles. The number of para-hydroxylation sites is 2. The third-order valence-corrected chi connectivity index (χ3v) is 3.95. The van der Waals surface area contributed by atoms with Crippen molar-refractivity contribution in [3.05, 3.63) is 68.4 Å². The molecule has 2 aromatic carbocycles. The molecule has 0 aliphatic rings. The summed E-state index contributed by atoms with van der Waals surface area (Å²) in [5, 5.41) is 20.2. The van der Waals surface area contributed by atoms with Gasteiger partial charge in [0, 0.05) is 16.6 Å². The first-order valence-electron chi connectivity index (χ1n) is 6.59.